The third-order valence-electron chi connectivity index (χ3n) is 2.42. The van der Waals surface area contributed by atoms with Crippen LogP contribution < -0.4 is 0 Å². The molecule has 0 amide bonds. The molecule has 0 saturated carbocycles. The van der Waals surface area contributed by atoms with Crippen LogP contribution in [0.1, 0.15) is 18.6 Å². The van der Waals surface area contributed by atoms with Gasteiger partial charge in [-0.2, -0.15) is 14.5 Å². The van der Waals surface area contributed by atoms with Crippen LogP contribution in [0.3, 0.4) is 0 Å². The number of hydrogen-bond acceptors (Lipinski definition) is 5. The molecule has 0 aliphatic carbocycles. The van der Waals surface area contributed by atoms with Crippen LogP contribution in [-0.4, -0.2) is 39.4 Å². The lowest BCUT2D eigenvalue weighted by atomic mass is 10.4. The first-order valence-corrected chi connectivity index (χ1v) is 7.37. The molecular weight excluding hydrogens is 385 g/mol. The van der Waals surface area contributed by atoms with Gasteiger partial charge in [-0.1, -0.05) is 64.9 Å². The first kappa shape index (κ1) is 16.8. The van der Waals surface area contributed by atoms with E-state index in [-0.39, 0.29) is 11.6 Å². The molecule has 12 heteroatoms. The standard InChI is InChI=1S/C9H7Cl5N6O/c1-2-5-17-6(8(10,11)9(12,13)14)18-20(5)7(21)19-4-15-3-16-19/h3-4H,2H2,1H3. The van der Waals surface area contributed by atoms with E-state index in [1.165, 1.54) is 12.7 Å². The second kappa shape index (κ2) is 5.89. The molecule has 0 fully saturated rings. The van der Waals surface area contributed by atoms with E-state index in [0.717, 1.165) is 9.36 Å². The number of hydrogen-bond donors (Lipinski definition) is 0. The minimum absolute atomic E-state index is 0.198. The quantitative estimate of drug-likeness (QED) is 0.735. The Morgan fingerprint density at radius 1 is 1.29 bits per heavy atom. The third-order valence-corrected chi connectivity index (χ3v) is 4.76. The molecule has 114 valence electrons. The lowest BCUT2D eigenvalue weighted by molar-refractivity contribution is 0.237. The summed E-state index contributed by atoms with van der Waals surface area (Å²) in [5.41, 5.74) is 0. The number of carbonyl (C=O) groups is 1. The van der Waals surface area contributed by atoms with Crippen LogP contribution in [0.15, 0.2) is 12.7 Å². The minimum Gasteiger partial charge on any atom is -0.243 e. The molecule has 0 N–H and O–H groups in total. The molecule has 0 unspecified atom stereocenters. The van der Waals surface area contributed by atoms with Gasteiger partial charge in [0.2, 0.25) is 8.13 Å². The van der Waals surface area contributed by atoms with Crippen molar-refractivity contribution in [2.24, 2.45) is 0 Å². The van der Waals surface area contributed by atoms with Crippen molar-refractivity contribution in [1.29, 1.82) is 0 Å². The summed E-state index contributed by atoms with van der Waals surface area (Å²) in [5.74, 6) is 0.0848. The van der Waals surface area contributed by atoms with Crippen LogP contribution in [0.25, 0.3) is 0 Å². The van der Waals surface area contributed by atoms with Crippen molar-refractivity contribution < 1.29 is 4.79 Å². The number of carbonyl (C=O) groups excluding carboxylic acids is 1. The van der Waals surface area contributed by atoms with Gasteiger partial charge in [-0.25, -0.2) is 14.8 Å². The Labute approximate surface area is 144 Å². The van der Waals surface area contributed by atoms with Gasteiger partial charge in [-0.15, -0.1) is 5.10 Å². The van der Waals surface area contributed by atoms with Crippen molar-refractivity contribution in [2.45, 2.75) is 21.5 Å². The van der Waals surface area contributed by atoms with Crippen molar-refractivity contribution in [2.75, 3.05) is 0 Å². The maximum Gasteiger partial charge on any atom is 0.372 e. The van der Waals surface area contributed by atoms with Gasteiger partial charge < -0.3 is 0 Å². The van der Waals surface area contributed by atoms with Gasteiger partial charge in [-0.05, 0) is 0 Å². The molecule has 7 nitrogen and oxygen atoms in total. The smallest absolute Gasteiger partial charge is 0.243 e. The highest BCUT2D eigenvalue weighted by atomic mass is 35.6. The van der Waals surface area contributed by atoms with Crippen LogP contribution in [0, 0.1) is 0 Å². The Morgan fingerprint density at radius 3 is 2.43 bits per heavy atom. The van der Waals surface area contributed by atoms with Gasteiger partial charge in [0, 0.05) is 6.42 Å². The minimum atomic E-state index is -2.08. The summed E-state index contributed by atoms with van der Waals surface area (Å²) in [6.07, 6.45) is 2.79. The highest BCUT2D eigenvalue weighted by Gasteiger charge is 2.51. The van der Waals surface area contributed by atoms with Crippen LogP contribution in [0.5, 0.6) is 0 Å². The Morgan fingerprint density at radius 2 is 1.95 bits per heavy atom. The third kappa shape index (κ3) is 3.12. The molecule has 0 spiro atoms. The summed E-state index contributed by atoms with van der Waals surface area (Å²) in [6.45, 7) is 1.76. The van der Waals surface area contributed by atoms with Crippen LogP contribution >= 0.6 is 58.0 Å². The largest absolute Gasteiger partial charge is 0.372 e. The van der Waals surface area contributed by atoms with Gasteiger partial charge in [-0.3, -0.25) is 0 Å². The molecule has 0 aliphatic rings. The first-order chi connectivity index (χ1) is 9.68. The average Bonchev–Trinajstić information content (AvgIpc) is 3.06. The van der Waals surface area contributed by atoms with Gasteiger partial charge >= 0.3 is 6.03 Å². The fourth-order valence-electron chi connectivity index (χ4n) is 1.39. The van der Waals surface area contributed by atoms with Gasteiger partial charge in [0.25, 0.3) is 0 Å². The molecule has 0 aliphatic heterocycles. The molecule has 2 rings (SSSR count). The Hall–Kier alpha value is -0.600. The molecule has 0 bridgehead atoms. The van der Waals surface area contributed by atoms with Crippen LogP contribution in [0.4, 0.5) is 4.79 Å². The maximum absolute atomic E-state index is 12.2. The molecule has 0 saturated heterocycles. The fourth-order valence-corrected chi connectivity index (χ4v) is 1.80. The predicted octanol–water partition coefficient (Wildman–Crippen LogP) is 2.95. The SMILES string of the molecule is CCc1nc(C(Cl)(Cl)C(Cl)(Cl)Cl)nn1C(=O)n1cncn1. The zero-order chi connectivity index (χ0) is 15.8. The van der Waals surface area contributed by atoms with Crippen molar-refractivity contribution in [1.82, 2.24) is 29.5 Å². The summed E-state index contributed by atoms with van der Waals surface area (Å²) < 4.78 is -2.16. The average molecular weight is 392 g/mol. The van der Waals surface area contributed by atoms with Crippen molar-refractivity contribution in [3.8, 4) is 0 Å². The molecule has 21 heavy (non-hydrogen) atoms. The highest BCUT2D eigenvalue weighted by Crippen LogP contribution is 2.51. The summed E-state index contributed by atoms with van der Waals surface area (Å²) in [7, 11) is 0. The van der Waals surface area contributed by atoms with Gasteiger partial charge in [0.05, 0.1) is 0 Å². The van der Waals surface area contributed by atoms with Gasteiger partial charge in [0.1, 0.15) is 18.5 Å². The number of aromatic nitrogens is 6. The highest BCUT2D eigenvalue weighted by molar-refractivity contribution is 6.75. The fraction of sp³-hybridized carbons (Fsp3) is 0.444. The molecule has 0 aromatic carbocycles. The normalized spacial score (nSPS) is 12.7. The van der Waals surface area contributed by atoms with Crippen molar-refractivity contribution in [3.63, 3.8) is 0 Å². The Kier molecular flexibility index (Phi) is 4.70. The number of aryl methyl sites for hydroxylation is 1. The second-order valence-electron chi connectivity index (χ2n) is 3.81. The predicted molar refractivity (Wildman–Crippen MR) is 79.3 cm³/mol. The van der Waals surface area contributed by atoms with E-state index >= 15 is 0 Å². The topological polar surface area (TPSA) is 78.5 Å². The van der Waals surface area contributed by atoms with E-state index < -0.39 is 14.2 Å². The Balaban J connectivity index is 2.48. The molecule has 0 atom stereocenters. The lowest BCUT2D eigenvalue weighted by Gasteiger charge is -2.23. The van der Waals surface area contributed by atoms with E-state index in [0.29, 0.717) is 6.42 Å². The molecule has 2 aromatic rings. The van der Waals surface area contributed by atoms with Crippen molar-refractivity contribution >= 4 is 64.0 Å². The summed E-state index contributed by atoms with van der Waals surface area (Å²) in [4.78, 5) is 19.9. The molecular formula is C9H7Cl5N6O. The lowest BCUT2D eigenvalue weighted by Crippen LogP contribution is -2.30. The van der Waals surface area contributed by atoms with E-state index in [1.807, 2.05) is 0 Å². The zero-order valence-electron chi connectivity index (χ0n) is 10.3. The second-order valence-corrected chi connectivity index (χ2v) is 7.42. The Bertz CT molecular complexity index is 646. The van der Waals surface area contributed by atoms with Crippen LogP contribution in [-0.2, 0) is 10.8 Å². The first-order valence-electron chi connectivity index (χ1n) is 5.48. The molecule has 2 heterocycles. The van der Waals surface area contributed by atoms with E-state index in [1.54, 1.807) is 6.92 Å². The zero-order valence-corrected chi connectivity index (χ0v) is 14.1. The van der Waals surface area contributed by atoms with Crippen LogP contribution in [0.2, 0.25) is 0 Å². The monoisotopic (exact) mass is 390 g/mol. The van der Waals surface area contributed by atoms with E-state index in [4.69, 9.17) is 58.0 Å². The van der Waals surface area contributed by atoms with Crippen molar-refractivity contribution in [3.05, 3.63) is 24.3 Å². The number of halogens is 5. The van der Waals surface area contributed by atoms with E-state index in [2.05, 4.69) is 20.2 Å². The van der Waals surface area contributed by atoms with Gasteiger partial charge in [0.15, 0.2) is 5.82 Å². The number of rotatable bonds is 2. The molecule has 2 aromatic heterocycles. The summed E-state index contributed by atoms with van der Waals surface area (Å²) >= 11 is 29.1. The van der Waals surface area contributed by atoms with E-state index in [9.17, 15) is 4.79 Å². The summed E-state index contributed by atoms with van der Waals surface area (Å²) in [6, 6.07) is -0.614. The maximum atomic E-state index is 12.2. The summed E-state index contributed by atoms with van der Waals surface area (Å²) in [5, 5.41) is 7.64. The number of nitrogens with zero attached hydrogens (tertiary/aromatic N) is 6. The number of alkyl halides is 5. The molecule has 0 radical (unpaired) electrons.